The summed E-state index contributed by atoms with van der Waals surface area (Å²) in [6, 6.07) is 5.48. The average molecular weight is 237 g/mol. The van der Waals surface area contributed by atoms with Crippen LogP contribution in [0.2, 0.25) is 0 Å². The van der Waals surface area contributed by atoms with Crippen LogP contribution in [0.15, 0.2) is 24.8 Å². The van der Waals surface area contributed by atoms with E-state index < -0.39 is 0 Å². The van der Waals surface area contributed by atoms with E-state index in [1.54, 1.807) is 0 Å². The molecular weight excluding hydrogens is 214 g/mol. The van der Waals surface area contributed by atoms with Gasteiger partial charge in [0.15, 0.2) is 0 Å². The topological polar surface area (TPSA) is 12.0 Å². The monoisotopic (exact) mass is 237 g/mol. The van der Waals surface area contributed by atoms with Crippen LogP contribution in [-0.2, 0) is 0 Å². The molecule has 1 rings (SSSR count). The third-order valence-electron chi connectivity index (χ3n) is 2.77. The van der Waals surface area contributed by atoms with Gasteiger partial charge in [-0.1, -0.05) is 6.08 Å². The maximum atomic E-state index is 3.75. The van der Waals surface area contributed by atoms with Gasteiger partial charge in [-0.2, -0.15) is 0 Å². The highest BCUT2D eigenvalue weighted by Crippen LogP contribution is 2.23. The first-order chi connectivity index (χ1) is 7.63. The van der Waals surface area contributed by atoms with Crippen LogP contribution in [0.4, 0.5) is 0 Å². The zero-order valence-corrected chi connectivity index (χ0v) is 11.4. The van der Waals surface area contributed by atoms with E-state index >= 15 is 0 Å². The number of hydrogen-bond donors (Lipinski definition) is 1. The Morgan fingerprint density at radius 2 is 2.19 bits per heavy atom. The van der Waals surface area contributed by atoms with Crippen LogP contribution < -0.4 is 5.32 Å². The number of rotatable bonds is 7. The summed E-state index contributed by atoms with van der Waals surface area (Å²) < 4.78 is 0. The molecular formula is C14H23NS. The minimum Gasteiger partial charge on any atom is -0.307 e. The lowest BCUT2D eigenvalue weighted by Gasteiger charge is -2.18. The molecule has 0 aliphatic carbocycles. The summed E-state index contributed by atoms with van der Waals surface area (Å²) in [5.41, 5.74) is 0. The Balaban J connectivity index is 2.33. The average Bonchev–Trinajstić information content (AvgIpc) is 2.65. The third kappa shape index (κ3) is 4.50. The maximum absolute atomic E-state index is 3.75. The van der Waals surface area contributed by atoms with Crippen molar-refractivity contribution in [3.8, 4) is 0 Å². The number of allylic oxidation sites excluding steroid dienone is 1. The Hall–Kier alpha value is -0.600. The fourth-order valence-electron chi connectivity index (χ4n) is 1.85. The van der Waals surface area contributed by atoms with Crippen molar-refractivity contribution in [3.05, 3.63) is 34.5 Å². The molecule has 0 aliphatic heterocycles. The lowest BCUT2D eigenvalue weighted by molar-refractivity contribution is 0.451. The lowest BCUT2D eigenvalue weighted by Crippen LogP contribution is -2.28. The number of aryl methyl sites for hydroxylation is 1. The van der Waals surface area contributed by atoms with Gasteiger partial charge in [0.05, 0.1) is 0 Å². The van der Waals surface area contributed by atoms with Gasteiger partial charge in [0.25, 0.3) is 0 Å². The fourth-order valence-corrected chi connectivity index (χ4v) is 2.74. The highest BCUT2D eigenvalue weighted by Gasteiger charge is 2.10. The molecule has 1 N–H and O–H groups in total. The van der Waals surface area contributed by atoms with E-state index in [2.05, 4.69) is 44.8 Å². The summed E-state index contributed by atoms with van der Waals surface area (Å²) in [6.45, 7) is 10.4. The SMILES string of the molecule is C=CCCCC(C)NC(C)c1ccc(C)s1. The van der Waals surface area contributed by atoms with Gasteiger partial charge in [0.1, 0.15) is 0 Å². The van der Waals surface area contributed by atoms with Gasteiger partial charge in [-0.05, 0) is 52.2 Å². The van der Waals surface area contributed by atoms with E-state index in [0.717, 1.165) is 6.42 Å². The van der Waals surface area contributed by atoms with E-state index in [9.17, 15) is 0 Å². The van der Waals surface area contributed by atoms with Crippen LogP contribution >= 0.6 is 11.3 Å². The van der Waals surface area contributed by atoms with Crippen molar-refractivity contribution < 1.29 is 0 Å². The normalized spacial score (nSPS) is 14.7. The molecule has 0 bridgehead atoms. The van der Waals surface area contributed by atoms with Crippen molar-refractivity contribution in [2.24, 2.45) is 0 Å². The molecule has 0 aromatic carbocycles. The number of unbranched alkanes of at least 4 members (excludes halogenated alkanes) is 1. The first-order valence-corrected chi connectivity index (χ1v) is 6.88. The molecule has 1 nitrogen and oxygen atoms in total. The first-order valence-electron chi connectivity index (χ1n) is 6.06. The molecule has 16 heavy (non-hydrogen) atoms. The van der Waals surface area contributed by atoms with Crippen LogP contribution in [0.5, 0.6) is 0 Å². The zero-order valence-electron chi connectivity index (χ0n) is 10.6. The summed E-state index contributed by atoms with van der Waals surface area (Å²) in [5, 5.41) is 3.64. The summed E-state index contributed by atoms with van der Waals surface area (Å²) in [5.74, 6) is 0. The molecule has 0 radical (unpaired) electrons. The standard InChI is InChI=1S/C14H23NS/c1-5-6-7-8-11(2)15-13(4)14-10-9-12(3)16-14/h5,9-11,13,15H,1,6-8H2,2-4H3. The van der Waals surface area contributed by atoms with Gasteiger partial charge in [-0.15, -0.1) is 17.9 Å². The fraction of sp³-hybridized carbons (Fsp3) is 0.571. The molecule has 1 aromatic heterocycles. The summed E-state index contributed by atoms with van der Waals surface area (Å²) in [6.07, 6.45) is 5.58. The van der Waals surface area contributed by atoms with E-state index in [-0.39, 0.29) is 0 Å². The Morgan fingerprint density at radius 3 is 2.75 bits per heavy atom. The van der Waals surface area contributed by atoms with Gasteiger partial charge in [-0.3, -0.25) is 0 Å². The van der Waals surface area contributed by atoms with Crippen LogP contribution in [0.3, 0.4) is 0 Å². The quantitative estimate of drug-likeness (QED) is 0.545. The molecule has 2 atom stereocenters. The van der Waals surface area contributed by atoms with Crippen LogP contribution in [0.25, 0.3) is 0 Å². The number of thiophene rings is 1. The Morgan fingerprint density at radius 1 is 1.44 bits per heavy atom. The van der Waals surface area contributed by atoms with Gasteiger partial charge >= 0.3 is 0 Å². The van der Waals surface area contributed by atoms with Crippen molar-refractivity contribution in [1.29, 1.82) is 0 Å². The number of hydrogen-bond acceptors (Lipinski definition) is 2. The minimum absolute atomic E-state index is 0.470. The predicted molar refractivity (Wildman–Crippen MR) is 74.1 cm³/mol. The van der Waals surface area contributed by atoms with E-state index in [1.807, 2.05) is 17.4 Å². The molecule has 0 fully saturated rings. The van der Waals surface area contributed by atoms with Gasteiger partial charge in [-0.25, -0.2) is 0 Å². The smallest absolute Gasteiger partial charge is 0.0388 e. The molecule has 0 saturated heterocycles. The van der Waals surface area contributed by atoms with Crippen LogP contribution in [0, 0.1) is 6.92 Å². The molecule has 2 unspecified atom stereocenters. The second kappa shape index (κ2) is 6.87. The molecule has 1 aromatic rings. The lowest BCUT2D eigenvalue weighted by atomic mass is 10.1. The van der Waals surface area contributed by atoms with Crippen molar-refractivity contribution in [2.45, 2.75) is 52.1 Å². The molecule has 90 valence electrons. The third-order valence-corrected chi connectivity index (χ3v) is 3.95. The van der Waals surface area contributed by atoms with E-state index in [1.165, 1.54) is 22.6 Å². The molecule has 0 saturated carbocycles. The highest BCUT2D eigenvalue weighted by atomic mass is 32.1. The Kier molecular flexibility index (Phi) is 5.78. The molecule has 1 heterocycles. The zero-order chi connectivity index (χ0) is 12.0. The minimum atomic E-state index is 0.470. The van der Waals surface area contributed by atoms with Crippen molar-refractivity contribution >= 4 is 11.3 Å². The molecule has 0 aliphatic rings. The van der Waals surface area contributed by atoms with Crippen LogP contribution in [0.1, 0.15) is 48.9 Å². The van der Waals surface area contributed by atoms with E-state index in [0.29, 0.717) is 12.1 Å². The van der Waals surface area contributed by atoms with Gasteiger partial charge < -0.3 is 5.32 Å². The van der Waals surface area contributed by atoms with Gasteiger partial charge in [0, 0.05) is 21.8 Å². The van der Waals surface area contributed by atoms with E-state index in [4.69, 9.17) is 0 Å². The second-order valence-corrected chi connectivity index (χ2v) is 5.78. The summed E-state index contributed by atoms with van der Waals surface area (Å²) in [7, 11) is 0. The predicted octanol–water partition coefficient (Wildman–Crippen LogP) is 4.45. The highest BCUT2D eigenvalue weighted by molar-refractivity contribution is 7.12. The maximum Gasteiger partial charge on any atom is 0.0388 e. The summed E-state index contributed by atoms with van der Waals surface area (Å²) >= 11 is 1.89. The van der Waals surface area contributed by atoms with Gasteiger partial charge in [0.2, 0.25) is 0 Å². The Bertz CT molecular complexity index is 316. The van der Waals surface area contributed by atoms with Crippen molar-refractivity contribution in [2.75, 3.05) is 0 Å². The van der Waals surface area contributed by atoms with Crippen LogP contribution in [-0.4, -0.2) is 6.04 Å². The van der Waals surface area contributed by atoms with Crippen molar-refractivity contribution in [3.63, 3.8) is 0 Å². The first kappa shape index (κ1) is 13.5. The Labute approximate surface area is 104 Å². The van der Waals surface area contributed by atoms with Crippen molar-refractivity contribution in [1.82, 2.24) is 5.32 Å². The second-order valence-electron chi connectivity index (χ2n) is 4.46. The number of nitrogens with one attached hydrogen (secondary N) is 1. The molecule has 0 amide bonds. The molecule has 0 spiro atoms. The summed E-state index contributed by atoms with van der Waals surface area (Å²) in [4.78, 5) is 2.83. The molecule has 2 heteroatoms. The largest absolute Gasteiger partial charge is 0.307 e.